The molecule has 3 nitrogen and oxygen atoms in total. The molecule has 3 heteroatoms. The lowest BCUT2D eigenvalue weighted by atomic mass is 10.0. The number of aromatic amines is 1. The predicted octanol–water partition coefficient (Wildman–Crippen LogP) is 4.70. The van der Waals surface area contributed by atoms with Crippen molar-refractivity contribution in [2.24, 2.45) is 0 Å². The molecule has 1 aromatic heterocycles. The molecule has 0 saturated carbocycles. The maximum absolute atomic E-state index is 12.3. The molecule has 0 bridgehead atoms. The van der Waals surface area contributed by atoms with Crippen LogP contribution >= 0.6 is 0 Å². The van der Waals surface area contributed by atoms with Gasteiger partial charge >= 0.3 is 5.97 Å². The number of hydrogen-bond acceptors (Lipinski definition) is 2. The second-order valence-electron chi connectivity index (χ2n) is 5.61. The first kappa shape index (κ1) is 14.4. The van der Waals surface area contributed by atoms with Crippen LogP contribution in [0.3, 0.4) is 0 Å². The van der Waals surface area contributed by atoms with Gasteiger partial charge in [-0.1, -0.05) is 42.5 Å². The maximum Gasteiger partial charge on any atom is 0.355 e. The molecular weight excluding hydrogens is 274 g/mol. The van der Waals surface area contributed by atoms with Gasteiger partial charge in [-0.05, 0) is 48.7 Å². The van der Waals surface area contributed by atoms with Crippen molar-refractivity contribution in [3.8, 4) is 0 Å². The highest BCUT2D eigenvalue weighted by Crippen LogP contribution is 2.27. The number of carbonyl (C=O) groups excluding carboxylic acids is 1. The largest absolute Gasteiger partial charge is 0.453 e. The van der Waals surface area contributed by atoms with Crippen LogP contribution in [0.5, 0.6) is 0 Å². The van der Waals surface area contributed by atoms with Gasteiger partial charge in [0.1, 0.15) is 11.8 Å². The Morgan fingerprint density at radius 2 is 1.82 bits per heavy atom. The molecular formula is C19H19NO2. The highest BCUT2D eigenvalue weighted by atomic mass is 16.5. The topological polar surface area (TPSA) is 42.1 Å². The minimum Gasteiger partial charge on any atom is -0.453 e. The summed E-state index contributed by atoms with van der Waals surface area (Å²) in [6.07, 6.45) is -0.303. The SMILES string of the molecule is Cc1cc(C(=O)OC(C)c2cccc3ccccc23)[nH]c1C. The number of esters is 1. The second kappa shape index (κ2) is 5.68. The summed E-state index contributed by atoms with van der Waals surface area (Å²) >= 11 is 0. The van der Waals surface area contributed by atoms with Crippen molar-refractivity contribution in [3.05, 3.63) is 71.0 Å². The molecule has 2 aromatic carbocycles. The molecule has 22 heavy (non-hydrogen) atoms. The zero-order valence-electron chi connectivity index (χ0n) is 13.0. The first-order valence-corrected chi connectivity index (χ1v) is 7.41. The predicted molar refractivity (Wildman–Crippen MR) is 88.0 cm³/mol. The van der Waals surface area contributed by atoms with E-state index in [1.165, 1.54) is 0 Å². The fourth-order valence-electron chi connectivity index (χ4n) is 2.66. The maximum atomic E-state index is 12.3. The van der Waals surface area contributed by atoms with Gasteiger partial charge in [-0.25, -0.2) is 4.79 Å². The normalized spacial score (nSPS) is 12.3. The van der Waals surface area contributed by atoms with Crippen LogP contribution in [-0.2, 0) is 4.74 Å². The molecule has 0 saturated heterocycles. The summed E-state index contributed by atoms with van der Waals surface area (Å²) in [7, 11) is 0. The third-order valence-corrected chi connectivity index (χ3v) is 4.04. The average molecular weight is 293 g/mol. The smallest absolute Gasteiger partial charge is 0.355 e. The van der Waals surface area contributed by atoms with Crippen LogP contribution in [0.1, 0.15) is 40.3 Å². The third-order valence-electron chi connectivity index (χ3n) is 4.04. The molecule has 0 radical (unpaired) electrons. The van der Waals surface area contributed by atoms with E-state index in [1.807, 2.05) is 51.1 Å². The monoisotopic (exact) mass is 293 g/mol. The van der Waals surface area contributed by atoms with Crippen molar-refractivity contribution in [2.45, 2.75) is 26.9 Å². The molecule has 0 aliphatic rings. The number of benzene rings is 2. The number of nitrogens with one attached hydrogen (secondary N) is 1. The van der Waals surface area contributed by atoms with Gasteiger partial charge < -0.3 is 9.72 Å². The summed E-state index contributed by atoms with van der Waals surface area (Å²) in [6.45, 7) is 5.82. The van der Waals surface area contributed by atoms with Crippen LogP contribution in [0.2, 0.25) is 0 Å². The van der Waals surface area contributed by atoms with Gasteiger partial charge in [0.25, 0.3) is 0 Å². The van der Waals surface area contributed by atoms with Crippen molar-refractivity contribution in [1.29, 1.82) is 0 Å². The zero-order valence-corrected chi connectivity index (χ0v) is 13.0. The van der Waals surface area contributed by atoms with Crippen LogP contribution in [0.4, 0.5) is 0 Å². The lowest BCUT2D eigenvalue weighted by molar-refractivity contribution is 0.0334. The number of aromatic nitrogens is 1. The Bertz CT molecular complexity index is 808. The number of hydrogen-bond donors (Lipinski definition) is 1. The summed E-state index contributed by atoms with van der Waals surface area (Å²) < 4.78 is 5.63. The third kappa shape index (κ3) is 2.62. The minimum atomic E-state index is -0.323. The van der Waals surface area contributed by atoms with E-state index in [9.17, 15) is 4.79 Å². The number of carbonyl (C=O) groups is 1. The van der Waals surface area contributed by atoms with Gasteiger partial charge in [-0.2, -0.15) is 0 Å². The van der Waals surface area contributed by atoms with Crippen molar-refractivity contribution in [2.75, 3.05) is 0 Å². The fraction of sp³-hybridized carbons (Fsp3) is 0.211. The van der Waals surface area contributed by atoms with Gasteiger partial charge in [0, 0.05) is 5.69 Å². The molecule has 3 rings (SSSR count). The minimum absolute atomic E-state index is 0.303. The molecule has 0 aliphatic heterocycles. The Balaban J connectivity index is 1.87. The van der Waals surface area contributed by atoms with E-state index in [4.69, 9.17) is 4.74 Å². The zero-order chi connectivity index (χ0) is 15.7. The van der Waals surface area contributed by atoms with Gasteiger partial charge in [0.05, 0.1) is 0 Å². The highest BCUT2D eigenvalue weighted by molar-refractivity contribution is 5.89. The molecule has 0 fully saturated rings. The Morgan fingerprint density at radius 3 is 2.55 bits per heavy atom. The lowest BCUT2D eigenvalue weighted by Gasteiger charge is -2.15. The van der Waals surface area contributed by atoms with Crippen LogP contribution in [0.25, 0.3) is 10.8 Å². The highest BCUT2D eigenvalue weighted by Gasteiger charge is 2.17. The first-order chi connectivity index (χ1) is 10.6. The van der Waals surface area contributed by atoms with E-state index in [0.717, 1.165) is 27.6 Å². The molecule has 1 unspecified atom stereocenters. The Kier molecular flexibility index (Phi) is 3.72. The van der Waals surface area contributed by atoms with Crippen molar-refractivity contribution in [1.82, 2.24) is 4.98 Å². The molecule has 0 amide bonds. The summed E-state index contributed by atoms with van der Waals surface area (Å²) in [5.41, 5.74) is 3.57. The lowest BCUT2D eigenvalue weighted by Crippen LogP contribution is -2.10. The average Bonchev–Trinajstić information content (AvgIpc) is 2.86. The van der Waals surface area contributed by atoms with Gasteiger partial charge in [0.15, 0.2) is 0 Å². The Labute approximate surface area is 129 Å². The van der Waals surface area contributed by atoms with Crippen LogP contribution in [0, 0.1) is 13.8 Å². The van der Waals surface area contributed by atoms with E-state index >= 15 is 0 Å². The van der Waals surface area contributed by atoms with E-state index in [-0.39, 0.29) is 12.1 Å². The van der Waals surface area contributed by atoms with Gasteiger partial charge in [-0.15, -0.1) is 0 Å². The first-order valence-electron chi connectivity index (χ1n) is 7.41. The van der Waals surface area contributed by atoms with Gasteiger partial charge in [-0.3, -0.25) is 0 Å². The van der Waals surface area contributed by atoms with Crippen LogP contribution in [-0.4, -0.2) is 11.0 Å². The van der Waals surface area contributed by atoms with Crippen LogP contribution < -0.4 is 0 Å². The summed E-state index contributed by atoms with van der Waals surface area (Å²) in [6, 6.07) is 16.0. The summed E-state index contributed by atoms with van der Waals surface area (Å²) in [5, 5.41) is 2.26. The number of rotatable bonds is 3. The summed E-state index contributed by atoms with van der Waals surface area (Å²) in [4.78, 5) is 15.3. The molecule has 0 aliphatic carbocycles. The summed E-state index contributed by atoms with van der Waals surface area (Å²) in [5.74, 6) is -0.323. The number of aryl methyl sites for hydroxylation is 2. The number of H-pyrrole nitrogens is 1. The van der Waals surface area contributed by atoms with E-state index < -0.39 is 0 Å². The number of fused-ring (bicyclic) bond motifs is 1. The fourth-order valence-corrected chi connectivity index (χ4v) is 2.66. The molecule has 1 heterocycles. The van der Waals surface area contributed by atoms with E-state index in [1.54, 1.807) is 0 Å². The van der Waals surface area contributed by atoms with E-state index in [0.29, 0.717) is 5.69 Å². The number of ether oxygens (including phenoxy) is 1. The van der Waals surface area contributed by atoms with Crippen molar-refractivity contribution >= 4 is 16.7 Å². The quantitative estimate of drug-likeness (QED) is 0.711. The Morgan fingerprint density at radius 1 is 1.09 bits per heavy atom. The molecule has 3 aromatic rings. The van der Waals surface area contributed by atoms with E-state index in [2.05, 4.69) is 23.2 Å². The molecule has 112 valence electrons. The molecule has 1 N–H and O–H groups in total. The molecule has 0 spiro atoms. The second-order valence-corrected chi connectivity index (χ2v) is 5.61. The van der Waals surface area contributed by atoms with Gasteiger partial charge in [0.2, 0.25) is 0 Å². The van der Waals surface area contributed by atoms with Crippen molar-refractivity contribution in [3.63, 3.8) is 0 Å². The molecule has 1 atom stereocenters. The van der Waals surface area contributed by atoms with Crippen LogP contribution in [0.15, 0.2) is 48.5 Å². The standard InChI is InChI=1S/C19H19NO2/c1-12-11-18(20-13(12)2)19(21)22-14(3)16-10-6-8-15-7-4-5-9-17(15)16/h4-11,14,20H,1-3H3. The van der Waals surface area contributed by atoms with Crippen molar-refractivity contribution < 1.29 is 9.53 Å². The Hall–Kier alpha value is -2.55.